The van der Waals surface area contributed by atoms with Crippen molar-refractivity contribution in [1.29, 1.82) is 0 Å². The van der Waals surface area contributed by atoms with Crippen LogP contribution < -0.4 is 5.32 Å². The standard InChI is InChI=1S/C14H31NO/c1-5-10-15-14(4)8-6-7-11-16-12-9-13(2)3/h13-15H,5-12H2,1-4H3. The molecule has 0 bridgehead atoms. The Morgan fingerprint density at radius 2 is 1.75 bits per heavy atom. The van der Waals surface area contributed by atoms with E-state index in [4.69, 9.17) is 4.74 Å². The number of rotatable bonds is 11. The summed E-state index contributed by atoms with van der Waals surface area (Å²) >= 11 is 0. The largest absolute Gasteiger partial charge is 0.381 e. The topological polar surface area (TPSA) is 21.3 Å². The van der Waals surface area contributed by atoms with E-state index in [9.17, 15) is 0 Å². The molecule has 0 spiro atoms. The summed E-state index contributed by atoms with van der Waals surface area (Å²) in [6.07, 6.45) is 6.17. The average Bonchev–Trinajstić information content (AvgIpc) is 2.24. The van der Waals surface area contributed by atoms with E-state index in [-0.39, 0.29) is 0 Å². The van der Waals surface area contributed by atoms with Gasteiger partial charge in [-0.25, -0.2) is 0 Å². The van der Waals surface area contributed by atoms with Gasteiger partial charge < -0.3 is 10.1 Å². The van der Waals surface area contributed by atoms with Gasteiger partial charge in [0.2, 0.25) is 0 Å². The van der Waals surface area contributed by atoms with Crippen LogP contribution in [-0.2, 0) is 4.74 Å². The van der Waals surface area contributed by atoms with Gasteiger partial charge in [-0.3, -0.25) is 0 Å². The zero-order valence-electron chi connectivity index (χ0n) is 11.7. The summed E-state index contributed by atoms with van der Waals surface area (Å²) in [4.78, 5) is 0. The van der Waals surface area contributed by atoms with E-state index in [1.54, 1.807) is 0 Å². The second-order valence-electron chi connectivity index (χ2n) is 5.15. The summed E-state index contributed by atoms with van der Waals surface area (Å²) in [7, 11) is 0. The van der Waals surface area contributed by atoms with E-state index in [0.717, 1.165) is 25.7 Å². The van der Waals surface area contributed by atoms with Gasteiger partial charge in [-0.05, 0) is 51.5 Å². The molecule has 0 fully saturated rings. The van der Waals surface area contributed by atoms with Crippen LogP contribution in [0.25, 0.3) is 0 Å². The molecule has 0 aromatic carbocycles. The molecular weight excluding hydrogens is 198 g/mol. The van der Waals surface area contributed by atoms with Crippen LogP contribution >= 0.6 is 0 Å². The maximum atomic E-state index is 5.59. The molecule has 0 aliphatic heterocycles. The molecule has 1 N–H and O–H groups in total. The van der Waals surface area contributed by atoms with Crippen molar-refractivity contribution in [3.8, 4) is 0 Å². The predicted octanol–water partition coefficient (Wildman–Crippen LogP) is 3.61. The lowest BCUT2D eigenvalue weighted by Gasteiger charge is -2.12. The van der Waals surface area contributed by atoms with Crippen LogP contribution in [0.5, 0.6) is 0 Å². The van der Waals surface area contributed by atoms with Gasteiger partial charge >= 0.3 is 0 Å². The maximum absolute atomic E-state index is 5.59. The van der Waals surface area contributed by atoms with Crippen molar-refractivity contribution in [3.05, 3.63) is 0 Å². The summed E-state index contributed by atoms with van der Waals surface area (Å²) < 4.78 is 5.59. The predicted molar refractivity (Wildman–Crippen MR) is 71.9 cm³/mol. The molecule has 0 aliphatic carbocycles. The first-order chi connectivity index (χ1) is 7.66. The van der Waals surface area contributed by atoms with Crippen LogP contribution in [0.15, 0.2) is 0 Å². The second kappa shape index (κ2) is 11.4. The van der Waals surface area contributed by atoms with Crippen molar-refractivity contribution >= 4 is 0 Å². The lowest BCUT2D eigenvalue weighted by atomic mass is 10.1. The number of ether oxygens (including phenoxy) is 1. The molecule has 2 nitrogen and oxygen atoms in total. The van der Waals surface area contributed by atoms with Gasteiger partial charge in [0.05, 0.1) is 0 Å². The van der Waals surface area contributed by atoms with Crippen molar-refractivity contribution in [2.75, 3.05) is 19.8 Å². The highest BCUT2D eigenvalue weighted by molar-refractivity contribution is 4.59. The second-order valence-corrected chi connectivity index (χ2v) is 5.15. The Kier molecular flexibility index (Phi) is 11.3. The Morgan fingerprint density at radius 1 is 1.00 bits per heavy atom. The molecule has 98 valence electrons. The van der Waals surface area contributed by atoms with E-state index in [1.807, 2.05) is 0 Å². The number of nitrogens with one attached hydrogen (secondary N) is 1. The summed E-state index contributed by atoms with van der Waals surface area (Å²) in [6, 6.07) is 0.663. The van der Waals surface area contributed by atoms with E-state index in [0.29, 0.717) is 6.04 Å². The highest BCUT2D eigenvalue weighted by atomic mass is 16.5. The van der Waals surface area contributed by atoms with Gasteiger partial charge in [-0.15, -0.1) is 0 Å². The number of hydrogen-bond donors (Lipinski definition) is 1. The number of unbranched alkanes of at least 4 members (excludes halogenated alkanes) is 1. The summed E-state index contributed by atoms with van der Waals surface area (Å²) in [5, 5.41) is 3.51. The Hall–Kier alpha value is -0.0800. The first kappa shape index (κ1) is 15.9. The molecule has 1 atom stereocenters. The zero-order valence-corrected chi connectivity index (χ0v) is 11.7. The van der Waals surface area contributed by atoms with Crippen LogP contribution in [-0.4, -0.2) is 25.8 Å². The fourth-order valence-corrected chi connectivity index (χ4v) is 1.57. The third kappa shape index (κ3) is 12.0. The first-order valence-electron chi connectivity index (χ1n) is 6.98. The van der Waals surface area contributed by atoms with Crippen molar-refractivity contribution in [2.45, 2.75) is 65.8 Å². The minimum absolute atomic E-state index is 0.663. The fourth-order valence-electron chi connectivity index (χ4n) is 1.57. The van der Waals surface area contributed by atoms with E-state index in [2.05, 4.69) is 33.0 Å². The van der Waals surface area contributed by atoms with Crippen molar-refractivity contribution in [2.24, 2.45) is 5.92 Å². The fraction of sp³-hybridized carbons (Fsp3) is 1.00. The molecule has 0 aliphatic rings. The molecule has 1 unspecified atom stereocenters. The minimum Gasteiger partial charge on any atom is -0.381 e. The van der Waals surface area contributed by atoms with Crippen LogP contribution in [0.1, 0.15) is 59.8 Å². The van der Waals surface area contributed by atoms with E-state index in [1.165, 1.54) is 32.1 Å². The summed E-state index contributed by atoms with van der Waals surface area (Å²) in [6.45, 7) is 12.0. The van der Waals surface area contributed by atoms with Crippen LogP contribution in [0.4, 0.5) is 0 Å². The average molecular weight is 229 g/mol. The minimum atomic E-state index is 0.663. The molecule has 0 aromatic heterocycles. The monoisotopic (exact) mass is 229 g/mol. The highest BCUT2D eigenvalue weighted by Gasteiger charge is 1.99. The molecule has 0 radical (unpaired) electrons. The molecular formula is C14H31NO. The quantitative estimate of drug-likeness (QED) is 0.547. The SMILES string of the molecule is CCCNC(C)CCCCOCCC(C)C. The molecule has 0 aromatic rings. The van der Waals surface area contributed by atoms with Crippen molar-refractivity contribution in [1.82, 2.24) is 5.32 Å². The van der Waals surface area contributed by atoms with E-state index >= 15 is 0 Å². The Labute approximate surface area is 102 Å². The highest BCUT2D eigenvalue weighted by Crippen LogP contribution is 2.03. The third-order valence-corrected chi connectivity index (χ3v) is 2.76. The smallest absolute Gasteiger partial charge is 0.0468 e. The van der Waals surface area contributed by atoms with Crippen LogP contribution in [0, 0.1) is 5.92 Å². The normalized spacial score (nSPS) is 13.3. The van der Waals surface area contributed by atoms with Gasteiger partial charge in [-0.2, -0.15) is 0 Å². The van der Waals surface area contributed by atoms with Crippen LogP contribution in [0.2, 0.25) is 0 Å². The molecule has 0 rings (SSSR count). The molecule has 0 saturated carbocycles. The van der Waals surface area contributed by atoms with Gasteiger partial charge in [0.25, 0.3) is 0 Å². The van der Waals surface area contributed by atoms with Gasteiger partial charge in [-0.1, -0.05) is 20.8 Å². The number of hydrogen-bond acceptors (Lipinski definition) is 2. The lowest BCUT2D eigenvalue weighted by Crippen LogP contribution is -2.26. The Bertz CT molecular complexity index is 137. The lowest BCUT2D eigenvalue weighted by molar-refractivity contribution is 0.119. The van der Waals surface area contributed by atoms with Gasteiger partial charge in [0.15, 0.2) is 0 Å². The maximum Gasteiger partial charge on any atom is 0.0468 e. The third-order valence-electron chi connectivity index (χ3n) is 2.76. The van der Waals surface area contributed by atoms with E-state index < -0.39 is 0 Å². The first-order valence-corrected chi connectivity index (χ1v) is 6.98. The van der Waals surface area contributed by atoms with Gasteiger partial charge in [0, 0.05) is 19.3 Å². The van der Waals surface area contributed by atoms with Gasteiger partial charge in [0.1, 0.15) is 0 Å². The van der Waals surface area contributed by atoms with Crippen molar-refractivity contribution < 1.29 is 4.74 Å². The molecule has 0 saturated heterocycles. The molecule has 2 heteroatoms. The summed E-state index contributed by atoms with van der Waals surface area (Å²) in [5.41, 5.74) is 0. The molecule has 16 heavy (non-hydrogen) atoms. The zero-order chi connectivity index (χ0) is 12.2. The molecule has 0 heterocycles. The van der Waals surface area contributed by atoms with Crippen LogP contribution in [0.3, 0.4) is 0 Å². The Balaban J connectivity index is 3.08. The summed E-state index contributed by atoms with van der Waals surface area (Å²) in [5.74, 6) is 0.762. The molecule has 0 amide bonds. The Morgan fingerprint density at radius 3 is 2.38 bits per heavy atom. The van der Waals surface area contributed by atoms with Crippen molar-refractivity contribution in [3.63, 3.8) is 0 Å².